The largest absolute Gasteiger partial charge is 0.309 e. The van der Waals surface area contributed by atoms with E-state index in [-0.39, 0.29) is 10.8 Å². The van der Waals surface area contributed by atoms with Crippen LogP contribution in [0.1, 0.15) is 48.6 Å². The van der Waals surface area contributed by atoms with Crippen LogP contribution in [-0.2, 0) is 10.8 Å². The number of anilines is 3. The predicted octanol–water partition coefficient (Wildman–Crippen LogP) is 13.2. The van der Waals surface area contributed by atoms with E-state index in [0.717, 1.165) is 5.69 Å². The highest BCUT2D eigenvalue weighted by Crippen LogP contribution is 2.54. The molecule has 7 aromatic carbocycles. The molecule has 0 saturated heterocycles. The molecule has 2 heteroatoms. The Kier molecular flexibility index (Phi) is 5.99. The average Bonchev–Trinajstić information content (AvgIpc) is 3.73. The van der Waals surface area contributed by atoms with E-state index in [4.69, 9.17) is 0 Å². The zero-order valence-electron chi connectivity index (χ0n) is 27.9. The molecule has 234 valence electrons. The standard InChI is InChI=1S/C47H35NS/c1-46(2)39-20-10-7-16-33(39)36-27-25-32(29-42(36)46)48(31-14-5-4-6-15-31)43-23-13-19-38-37-26-24-30(28-44(37)49-45(38)43)47(3)40-21-11-8-17-34(40)35-18-9-12-22-41(35)47/h4-29H,1-3H3. The number of hydrogen-bond donors (Lipinski definition) is 0. The molecule has 1 aromatic heterocycles. The Hall–Kier alpha value is -5.44. The fourth-order valence-electron chi connectivity index (χ4n) is 8.87. The highest BCUT2D eigenvalue weighted by atomic mass is 32.1. The van der Waals surface area contributed by atoms with Crippen LogP contribution < -0.4 is 4.90 Å². The molecular weight excluding hydrogens is 611 g/mol. The Morgan fingerprint density at radius 1 is 0.449 bits per heavy atom. The summed E-state index contributed by atoms with van der Waals surface area (Å²) in [6.45, 7) is 7.13. The smallest absolute Gasteiger partial charge is 0.0640 e. The number of rotatable bonds is 4. The number of fused-ring (bicyclic) bond motifs is 9. The lowest BCUT2D eigenvalue weighted by Gasteiger charge is -2.28. The van der Waals surface area contributed by atoms with Gasteiger partial charge in [-0.25, -0.2) is 0 Å². The summed E-state index contributed by atoms with van der Waals surface area (Å²) in [6, 6.07) is 58.7. The van der Waals surface area contributed by atoms with Crippen molar-refractivity contribution in [2.24, 2.45) is 0 Å². The number of nitrogens with zero attached hydrogens (tertiary/aromatic N) is 1. The minimum Gasteiger partial charge on any atom is -0.309 e. The van der Waals surface area contributed by atoms with Crippen LogP contribution in [0.5, 0.6) is 0 Å². The second-order valence-electron chi connectivity index (χ2n) is 14.3. The van der Waals surface area contributed by atoms with Crippen molar-refractivity contribution in [3.05, 3.63) is 186 Å². The van der Waals surface area contributed by atoms with Crippen LogP contribution in [-0.4, -0.2) is 0 Å². The molecule has 0 unspecified atom stereocenters. The number of para-hydroxylation sites is 1. The fourth-order valence-corrected chi connectivity index (χ4v) is 10.1. The summed E-state index contributed by atoms with van der Waals surface area (Å²) in [6.07, 6.45) is 0. The van der Waals surface area contributed by atoms with Gasteiger partial charge in [0.05, 0.1) is 10.4 Å². The van der Waals surface area contributed by atoms with Gasteiger partial charge in [-0.1, -0.05) is 135 Å². The second kappa shape index (κ2) is 10.3. The molecule has 1 nitrogen and oxygen atoms in total. The Balaban J connectivity index is 1.16. The van der Waals surface area contributed by atoms with Crippen LogP contribution in [0.3, 0.4) is 0 Å². The van der Waals surface area contributed by atoms with Crippen molar-refractivity contribution in [1.82, 2.24) is 0 Å². The van der Waals surface area contributed by atoms with Crippen LogP contribution in [0.25, 0.3) is 42.4 Å². The Labute approximate surface area is 291 Å². The van der Waals surface area contributed by atoms with E-state index >= 15 is 0 Å². The molecule has 1 heterocycles. The van der Waals surface area contributed by atoms with Gasteiger partial charge in [0.15, 0.2) is 0 Å². The lowest BCUT2D eigenvalue weighted by Crippen LogP contribution is -2.22. The van der Waals surface area contributed by atoms with E-state index < -0.39 is 0 Å². The number of thiophene rings is 1. The summed E-state index contributed by atoms with van der Waals surface area (Å²) in [4.78, 5) is 2.46. The first kappa shape index (κ1) is 28.6. The number of benzene rings is 7. The van der Waals surface area contributed by atoms with E-state index in [1.807, 2.05) is 11.3 Å². The fraction of sp³-hybridized carbons (Fsp3) is 0.106. The molecule has 0 aliphatic heterocycles. The maximum atomic E-state index is 2.46. The summed E-state index contributed by atoms with van der Waals surface area (Å²) in [7, 11) is 0. The van der Waals surface area contributed by atoms with E-state index in [0.29, 0.717) is 0 Å². The van der Waals surface area contributed by atoms with Crippen molar-refractivity contribution in [2.75, 3.05) is 4.90 Å². The molecule has 2 aliphatic rings. The maximum absolute atomic E-state index is 2.46. The quantitative estimate of drug-likeness (QED) is 0.184. The van der Waals surface area contributed by atoms with Gasteiger partial charge in [0.1, 0.15) is 0 Å². The molecule has 0 bridgehead atoms. The van der Waals surface area contributed by atoms with Gasteiger partial charge in [0, 0.05) is 37.7 Å². The van der Waals surface area contributed by atoms with Crippen molar-refractivity contribution >= 4 is 48.6 Å². The predicted molar refractivity (Wildman–Crippen MR) is 209 cm³/mol. The minimum absolute atomic E-state index is 0.0715. The van der Waals surface area contributed by atoms with Gasteiger partial charge in [-0.15, -0.1) is 11.3 Å². The van der Waals surface area contributed by atoms with Gasteiger partial charge in [-0.3, -0.25) is 0 Å². The van der Waals surface area contributed by atoms with Crippen molar-refractivity contribution in [1.29, 1.82) is 0 Å². The van der Waals surface area contributed by atoms with E-state index in [1.54, 1.807) is 0 Å². The third-order valence-electron chi connectivity index (χ3n) is 11.4. The molecule has 0 fully saturated rings. The highest BCUT2D eigenvalue weighted by molar-refractivity contribution is 7.26. The monoisotopic (exact) mass is 645 g/mol. The van der Waals surface area contributed by atoms with Crippen LogP contribution >= 0.6 is 11.3 Å². The number of hydrogen-bond acceptors (Lipinski definition) is 2. The summed E-state index contributed by atoms with van der Waals surface area (Å²) < 4.78 is 2.63. The first-order chi connectivity index (χ1) is 23.9. The van der Waals surface area contributed by atoms with Crippen LogP contribution in [0.2, 0.25) is 0 Å². The molecule has 8 aromatic rings. The molecule has 2 aliphatic carbocycles. The summed E-state index contributed by atoms with van der Waals surface area (Å²) in [5.74, 6) is 0. The summed E-state index contributed by atoms with van der Waals surface area (Å²) in [5.41, 5.74) is 15.5. The SMILES string of the molecule is CC1(C)c2ccccc2-c2ccc(N(c3ccccc3)c3cccc4c3sc3cc(C5(C)c6ccccc6-c6ccccc65)ccc34)cc21. The first-order valence-electron chi connectivity index (χ1n) is 17.2. The van der Waals surface area contributed by atoms with Gasteiger partial charge in [0.25, 0.3) is 0 Å². The Morgan fingerprint density at radius 3 is 1.78 bits per heavy atom. The van der Waals surface area contributed by atoms with E-state index in [1.165, 1.54) is 81.6 Å². The molecule has 0 spiro atoms. The maximum Gasteiger partial charge on any atom is 0.0640 e. The average molecular weight is 646 g/mol. The van der Waals surface area contributed by atoms with E-state index in [9.17, 15) is 0 Å². The van der Waals surface area contributed by atoms with Crippen molar-refractivity contribution in [3.63, 3.8) is 0 Å². The molecule has 10 rings (SSSR count). The molecule has 0 radical (unpaired) electrons. The van der Waals surface area contributed by atoms with Crippen molar-refractivity contribution < 1.29 is 0 Å². The second-order valence-corrected chi connectivity index (χ2v) is 15.3. The van der Waals surface area contributed by atoms with Crippen LogP contribution in [0.15, 0.2) is 158 Å². The third kappa shape index (κ3) is 3.93. The van der Waals surface area contributed by atoms with Crippen molar-refractivity contribution in [2.45, 2.75) is 31.6 Å². The van der Waals surface area contributed by atoms with Crippen molar-refractivity contribution in [3.8, 4) is 22.3 Å². The molecule has 0 saturated carbocycles. The molecule has 0 atom stereocenters. The topological polar surface area (TPSA) is 3.24 Å². The van der Waals surface area contributed by atoms with Crippen LogP contribution in [0.4, 0.5) is 17.1 Å². The third-order valence-corrected chi connectivity index (χ3v) is 12.5. The van der Waals surface area contributed by atoms with Gasteiger partial charge in [-0.05, 0) is 93.4 Å². The van der Waals surface area contributed by atoms with E-state index in [2.05, 4.69) is 183 Å². The summed E-state index contributed by atoms with van der Waals surface area (Å²) >= 11 is 1.91. The van der Waals surface area contributed by atoms with Crippen LogP contribution in [0, 0.1) is 0 Å². The lowest BCUT2D eigenvalue weighted by atomic mass is 9.74. The summed E-state index contributed by atoms with van der Waals surface area (Å²) in [5, 5.41) is 2.61. The minimum atomic E-state index is -0.217. The zero-order chi connectivity index (χ0) is 32.9. The normalized spacial score (nSPS) is 14.8. The van der Waals surface area contributed by atoms with Gasteiger partial charge in [-0.2, -0.15) is 0 Å². The molecular formula is C47H35NS. The molecule has 0 N–H and O–H groups in total. The highest BCUT2D eigenvalue weighted by Gasteiger charge is 2.41. The van der Waals surface area contributed by atoms with Gasteiger partial charge in [0.2, 0.25) is 0 Å². The Morgan fingerprint density at radius 2 is 1.06 bits per heavy atom. The zero-order valence-corrected chi connectivity index (χ0v) is 28.7. The van der Waals surface area contributed by atoms with Gasteiger partial charge >= 0.3 is 0 Å². The Bertz CT molecular complexity index is 2560. The molecule has 0 amide bonds. The molecule has 49 heavy (non-hydrogen) atoms. The lowest BCUT2D eigenvalue weighted by molar-refractivity contribution is 0.660. The van der Waals surface area contributed by atoms with Gasteiger partial charge < -0.3 is 4.90 Å². The first-order valence-corrected chi connectivity index (χ1v) is 18.0.